The predicted octanol–water partition coefficient (Wildman–Crippen LogP) is 2.92. The number of aromatic amines is 1. The van der Waals surface area contributed by atoms with E-state index in [2.05, 4.69) is 20.6 Å². The van der Waals surface area contributed by atoms with Crippen LogP contribution in [0, 0.1) is 0 Å². The summed E-state index contributed by atoms with van der Waals surface area (Å²) in [5.74, 6) is -0.00274. The number of hydrogen-bond donors (Lipinski definition) is 2. The van der Waals surface area contributed by atoms with Crippen molar-refractivity contribution in [3.63, 3.8) is 0 Å². The smallest absolute Gasteiger partial charge is 0.290 e. The molecule has 7 nitrogen and oxygen atoms in total. The number of anilines is 1. The molecule has 0 spiro atoms. The maximum atomic E-state index is 12.4. The molecule has 1 amide bonds. The average molecular weight is 380 g/mol. The number of nitrogens with one attached hydrogen (secondary N) is 2. The average Bonchev–Trinajstić information content (AvgIpc) is 3.13. The molecule has 0 aliphatic carbocycles. The Labute approximate surface area is 158 Å². The molecule has 27 heavy (non-hydrogen) atoms. The summed E-state index contributed by atoms with van der Waals surface area (Å²) in [5.41, 5.74) is 1.95. The van der Waals surface area contributed by atoms with Crippen molar-refractivity contribution in [3.8, 4) is 11.3 Å². The number of H-pyrrole nitrogens is 1. The SMILES string of the molecule is O=C(Cc1n[nH]c(=O)c2cc(-c3ccccc3)nn12)Nc1ccccc1Cl. The van der Waals surface area contributed by atoms with Gasteiger partial charge in [-0.05, 0) is 18.2 Å². The fourth-order valence-electron chi connectivity index (χ4n) is 2.72. The summed E-state index contributed by atoms with van der Waals surface area (Å²) in [6.45, 7) is 0. The highest BCUT2D eigenvalue weighted by Crippen LogP contribution is 2.21. The van der Waals surface area contributed by atoms with Crippen LogP contribution < -0.4 is 10.9 Å². The maximum absolute atomic E-state index is 12.4. The minimum atomic E-state index is -0.375. The lowest BCUT2D eigenvalue weighted by molar-refractivity contribution is -0.115. The van der Waals surface area contributed by atoms with Gasteiger partial charge in [-0.3, -0.25) is 9.59 Å². The van der Waals surface area contributed by atoms with Crippen molar-refractivity contribution in [2.24, 2.45) is 0 Å². The number of para-hydroxylation sites is 1. The van der Waals surface area contributed by atoms with Crippen molar-refractivity contribution >= 4 is 28.7 Å². The second kappa shape index (κ2) is 7.05. The molecule has 8 heteroatoms. The van der Waals surface area contributed by atoms with Crippen LogP contribution in [0.15, 0.2) is 65.5 Å². The van der Waals surface area contributed by atoms with Crippen LogP contribution in [-0.4, -0.2) is 25.7 Å². The zero-order valence-electron chi connectivity index (χ0n) is 14.0. The van der Waals surface area contributed by atoms with Gasteiger partial charge in [0, 0.05) is 5.56 Å². The van der Waals surface area contributed by atoms with E-state index in [-0.39, 0.29) is 17.9 Å². The monoisotopic (exact) mass is 379 g/mol. The Kier molecular flexibility index (Phi) is 4.43. The first-order chi connectivity index (χ1) is 13.1. The van der Waals surface area contributed by atoms with Gasteiger partial charge in [-0.1, -0.05) is 54.1 Å². The third-order valence-electron chi connectivity index (χ3n) is 4.01. The van der Waals surface area contributed by atoms with Gasteiger partial charge >= 0.3 is 0 Å². The number of amides is 1. The lowest BCUT2D eigenvalue weighted by Crippen LogP contribution is -2.22. The van der Waals surface area contributed by atoms with Crippen LogP contribution in [0.5, 0.6) is 0 Å². The fourth-order valence-corrected chi connectivity index (χ4v) is 2.91. The summed E-state index contributed by atoms with van der Waals surface area (Å²) >= 11 is 6.06. The number of benzene rings is 2. The number of fused-ring (bicyclic) bond motifs is 1. The standard InChI is InChI=1S/C19H14ClN5O2/c20-13-8-4-5-9-14(13)21-18(26)11-17-22-23-19(27)16-10-15(24-25(16)17)12-6-2-1-3-7-12/h1-10H,11H2,(H,21,26)(H,23,27). The predicted molar refractivity (Wildman–Crippen MR) is 103 cm³/mol. The zero-order valence-corrected chi connectivity index (χ0v) is 14.8. The van der Waals surface area contributed by atoms with E-state index in [1.807, 2.05) is 30.3 Å². The summed E-state index contributed by atoms with van der Waals surface area (Å²) in [5, 5.41) is 14.0. The Morgan fingerprint density at radius 3 is 2.63 bits per heavy atom. The largest absolute Gasteiger partial charge is 0.324 e. The lowest BCUT2D eigenvalue weighted by Gasteiger charge is -2.07. The third kappa shape index (κ3) is 3.45. The van der Waals surface area contributed by atoms with E-state index in [4.69, 9.17) is 11.6 Å². The molecule has 0 unspecified atom stereocenters. The molecule has 0 aliphatic rings. The molecule has 0 bridgehead atoms. The molecule has 2 aromatic carbocycles. The molecule has 0 radical (unpaired) electrons. The first kappa shape index (κ1) is 17.0. The molecule has 2 N–H and O–H groups in total. The lowest BCUT2D eigenvalue weighted by atomic mass is 10.1. The van der Waals surface area contributed by atoms with Crippen molar-refractivity contribution in [1.29, 1.82) is 0 Å². The first-order valence-electron chi connectivity index (χ1n) is 8.19. The molecule has 0 saturated heterocycles. The number of carbonyl (C=O) groups excluding carboxylic acids is 1. The highest BCUT2D eigenvalue weighted by molar-refractivity contribution is 6.33. The van der Waals surface area contributed by atoms with E-state index in [1.54, 1.807) is 30.3 Å². The van der Waals surface area contributed by atoms with Gasteiger partial charge in [-0.15, -0.1) is 0 Å². The van der Waals surface area contributed by atoms with Gasteiger partial charge in [0.2, 0.25) is 5.91 Å². The molecule has 0 atom stereocenters. The third-order valence-corrected chi connectivity index (χ3v) is 4.34. The quantitative estimate of drug-likeness (QED) is 0.570. The van der Waals surface area contributed by atoms with Gasteiger partial charge in [0.1, 0.15) is 5.52 Å². The summed E-state index contributed by atoms with van der Waals surface area (Å²) in [4.78, 5) is 24.5. The Morgan fingerprint density at radius 2 is 1.85 bits per heavy atom. The van der Waals surface area contributed by atoms with Crippen LogP contribution in [-0.2, 0) is 11.2 Å². The van der Waals surface area contributed by atoms with Gasteiger partial charge in [0.05, 0.1) is 22.8 Å². The van der Waals surface area contributed by atoms with Gasteiger partial charge < -0.3 is 5.32 Å². The van der Waals surface area contributed by atoms with E-state index in [9.17, 15) is 9.59 Å². The van der Waals surface area contributed by atoms with Crippen LogP contribution in [0.4, 0.5) is 5.69 Å². The highest BCUT2D eigenvalue weighted by Gasteiger charge is 2.15. The van der Waals surface area contributed by atoms with E-state index in [0.29, 0.717) is 27.7 Å². The maximum Gasteiger partial charge on any atom is 0.290 e. The van der Waals surface area contributed by atoms with Gasteiger partial charge in [0.25, 0.3) is 5.56 Å². The molecule has 2 aromatic heterocycles. The van der Waals surface area contributed by atoms with Crippen LogP contribution >= 0.6 is 11.6 Å². The zero-order chi connectivity index (χ0) is 18.8. The Morgan fingerprint density at radius 1 is 1.11 bits per heavy atom. The molecular weight excluding hydrogens is 366 g/mol. The van der Waals surface area contributed by atoms with Crippen LogP contribution in [0.2, 0.25) is 5.02 Å². The number of hydrogen-bond acceptors (Lipinski definition) is 4. The minimum Gasteiger partial charge on any atom is -0.324 e. The van der Waals surface area contributed by atoms with E-state index in [1.165, 1.54) is 4.52 Å². The van der Waals surface area contributed by atoms with Crippen molar-refractivity contribution in [3.05, 3.63) is 81.9 Å². The molecule has 134 valence electrons. The Hall–Kier alpha value is -3.45. The second-order valence-electron chi connectivity index (χ2n) is 5.87. The van der Waals surface area contributed by atoms with Crippen molar-refractivity contribution in [2.75, 3.05) is 5.32 Å². The Bertz CT molecular complexity index is 1180. The molecule has 4 rings (SSSR count). The Balaban J connectivity index is 1.67. The normalized spacial score (nSPS) is 10.9. The van der Waals surface area contributed by atoms with Crippen molar-refractivity contribution in [2.45, 2.75) is 6.42 Å². The molecule has 0 saturated carbocycles. The number of nitrogens with zero attached hydrogens (tertiary/aromatic N) is 3. The molecule has 0 fully saturated rings. The van der Waals surface area contributed by atoms with Crippen LogP contribution in [0.3, 0.4) is 0 Å². The minimum absolute atomic E-state index is 0.0750. The summed E-state index contributed by atoms with van der Waals surface area (Å²) < 4.78 is 1.40. The van der Waals surface area contributed by atoms with E-state index in [0.717, 1.165) is 5.56 Å². The molecule has 4 aromatic rings. The van der Waals surface area contributed by atoms with Crippen LogP contribution in [0.25, 0.3) is 16.8 Å². The van der Waals surface area contributed by atoms with Crippen molar-refractivity contribution < 1.29 is 4.79 Å². The first-order valence-corrected chi connectivity index (χ1v) is 8.57. The number of carbonyl (C=O) groups is 1. The van der Waals surface area contributed by atoms with Gasteiger partial charge in [-0.2, -0.15) is 10.2 Å². The summed E-state index contributed by atoms with van der Waals surface area (Å²) in [6, 6.07) is 18.1. The van der Waals surface area contributed by atoms with Crippen LogP contribution in [0.1, 0.15) is 5.82 Å². The fraction of sp³-hybridized carbons (Fsp3) is 0.0526. The number of halogens is 1. The molecule has 2 heterocycles. The van der Waals surface area contributed by atoms with Gasteiger partial charge in [0.15, 0.2) is 5.82 Å². The summed E-state index contributed by atoms with van der Waals surface area (Å²) in [6.07, 6.45) is -0.0750. The van der Waals surface area contributed by atoms with Gasteiger partial charge in [-0.25, -0.2) is 9.61 Å². The highest BCUT2D eigenvalue weighted by atomic mass is 35.5. The number of aromatic nitrogens is 4. The second-order valence-corrected chi connectivity index (χ2v) is 6.27. The molecular formula is C19H14ClN5O2. The summed E-state index contributed by atoms with van der Waals surface area (Å²) in [7, 11) is 0. The number of rotatable bonds is 4. The molecule has 0 aliphatic heterocycles. The van der Waals surface area contributed by atoms with E-state index < -0.39 is 0 Å². The van der Waals surface area contributed by atoms with E-state index >= 15 is 0 Å². The topological polar surface area (TPSA) is 92.2 Å². The van der Waals surface area contributed by atoms with Crippen molar-refractivity contribution in [1.82, 2.24) is 19.8 Å².